The van der Waals surface area contributed by atoms with Crippen molar-refractivity contribution < 1.29 is 4.74 Å². The zero-order valence-electron chi connectivity index (χ0n) is 13.7. The zero-order valence-corrected chi connectivity index (χ0v) is 13.7. The zero-order chi connectivity index (χ0) is 14.2. The van der Waals surface area contributed by atoms with E-state index < -0.39 is 0 Å². The molecule has 0 heterocycles. The normalized spacial score (nSPS) is 11.8. The highest BCUT2D eigenvalue weighted by atomic mass is 16.5. The largest absolute Gasteiger partial charge is 0.498 e. The molecule has 0 aromatic carbocycles. The maximum atomic E-state index is 5.86. The molecule has 114 valence electrons. The lowest BCUT2D eigenvalue weighted by atomic mass is 10.1. The van der Waals surface area contributed by atoms with Gasteiger partial charge in [0.15, 0.2) is 0 Å². The molecule has 1 heteroatoms. The Morgan fingerprint density at radius 3 is 2.05 bits per heavy atom. The molecule has 0 aromatic heterocycles. The van der Waals surface area contributed by atoms with E-state index in [9.17, 15) is 0 Å². The van der Waals surface area contributed by atoms with Crippen LogP contribution in [0.25, 0.3) is 0 Å². The van der Waals surface area contributed by atoms with E-state index in [4.69, 9.17) is 4.74 Å². The van der Waals surface area contributed by atoms with Crippen LogP contribution in [0.5, 0.6) is 0 Å². The van der Waals surface area contributed by atoms with Gasteiger partial charge >= 0.3 is 0 Å². The highest BCUT2D eigenvalue weighted by molar-refractivity contribution is 4.93. The third-order valence-corrected chi connectivity index (χ3v) is 3.45. The standard InChI is InChI=1S/C18H36O/c1-4-7-9-11-12-14-16-18(19-17-6-3)15-13-10-8-5-2/h15H,4-14,16-17H2,1-3H3/b18-15-. The van der Waals surface area contributed by atoms with Crippen LogP contribution in [-0.4, -0.2) is 6.61 Å². The van der Waals surface area contributed by atoms with E-state index in [1.807, 2.05) is 0 Å². The van der Waals surface area contributed by atoms with Crippen molar-refractivity contribution in [3.63, 3.8) is 0 Å². The van der Waals surface area contributed by atoms with E-state index >= 15 is 0 Å². The summed E-state index contributed by atoms with van der Waals surface area (Å²) in [6, 6.07) is 0. The lowest BCUT2D eigenvalue weighted by Gasteiger charge is -2.10. The molecule has 0 amide bonds. The molecule has 0 aromatic rings. The lowest BCUT2D eigenvalue weighted by Crippen LogP contribution is -1.95. The second-order valence-electron chi connectivity index (χ2n) is 5.53. The number of rotatable bonds is 14. The van der Waals surface area contributed by atoms with E-state index in [0.29, 0.717) is 0 Å². The number of allylic oxidation sites excluding steroid dienone is 2. The van der Waals surface area contributed by atoms with Crippen molar-refractivity contribution in [2.45, 2.75) is 97.8 Å². The summed E-state index contributed by atoms with van der Waals surface area (Å²) in [6.45, 7) is 7.60. The van der Waals surface area contributed by atoms with Gasteiger partial charge in [-0.1, -0.05) is 65.7 Å². The Hall–Kier alpha value is -0.460. The van der Waals surface area contributed by atoms with Crippen molar-refractivity contribution in [3.05, 3.63) is 11.8 Å². The van der Waals surface area contributed by atoms with Gasteiger partial charge in [0.1, 0.15) is 0 Å². The average Bonchev–Trinajstić information content (AvgIpc) is 2.43. The van der Waals surface area contributed by atoms with Crippen molar-refractivity contribution in [2.75, 3.05) is 6.61 Å². The first-order valence-corrected chi connectivity index (χ1v) is 8.66. The van der Waals surface area contributed by atoms with Crippen LogP contribution in [-0.2, 0) is 4.74 Å². The van der Waals surface area contributed by atoms with Gasteiger partial charge in [-0.3, -0.25) is 0 Å². The van der Waals surface area contributed by atoms with Crippen LogP contribution in [0, 0.1) is 0 Å². The van der Waals surface area contributed by atoms with Crippen LogP contribution < -0.4 is 0 Å². The monoisotopic (exact) mass is 268 g/mol. The predicted molar refractivity (Wildman–Crippen MR) is 86.5 cm³/mol. The summed E-state index contributed by atoms with van der Waals surface area (Å²) in [5, 5.41) is 0. The van der Waals surface area contributed by atoms with Crippen molar-refractivity contribution in [2.24, 2.45) is 0 Å². The smallest absolute Gasteiger partial charge is 0.0919 e. The van der Waals surface area contributed by atoms with Gasteiger partial charge in [-0.25, -0.2) is 0 Å². The molecule has 0 unspecified atom stereocenters. The number of ether oxygens (including phenoxy) is 1. The van der Waals surface area contributed by atoms with Gasteiger partial charge in [0.25, 0.3) is 0 Å². The molecule has 0 rings (SSSR count). The number of unbranched alkanes of at least 4 members (excludes halogenated alkanes) is 8. The molecule has 0 radical (unpaired) electrons. The van der Waals surface area contributed by atoms with Crippen LogP contribution in [0.2, 0.25) is 0 Å². The topological polar surface area (TPSA) is 9.23 Å². The molecule has 0 atom stereocenters. The maximum absolute atomic E-state index is 5.86. The quantitative estimate of drug-likeness (QED) is 0.254. The summed E-state index contributed by atoms with van der Waals surface area (Å²) < 4.78 is 5.86. The summed E-state index contributed by atoms with van der Waals surface area (Å²) in [7, 11) is 0. The first-order chi connectivity index (χ1) is 9.35. The first-order valence-electron chi connectivity index (χ1n) is 8.66. The average molecular weight is 268 g/mol. The lowest BCUT2D eigenvalue weighted by molar-refractivity contribution is 0.199. The van der Waals surface area contributed by atoms with Crippen molar-refractivity contribution in [3.8, 4) is 0 Å². The highest BCUT2D eigenvalue weighted by Crippen LogP contribution is 2.15. The SMILES string of the molecule is CCCCC/C=C(/CCCCCCCC)OCCC. The van der Waals surface area contributed by atoms with Crippen LogP contribution >= 0.6 is 0 Å². The Morgan fingerprint density at radius 2 is 1.37 bits per heavy atom. The fourth-order valence-corrected chi connectivity index (χ4v) is 2.20. The molecule has 1 nitrogen and oxygen atoms in total. The Kier molecular flexibility index (Phi) is 15.2. The van der Waals surface area contributed by atoms with Gasteiger partial charge in [0.05, 0.1) is 12.4 Å². The second kappa shape index (κ2) is 15.6. The molecule has 0 fully saturated rings. The minimum absolute atomic E-state index is 0.884. The van der Waals surface area contributed by atoms with Crippen LogP contribution in [0.15, 0.2) is 11.8 Å². The number of hydrogen-bond donors (Lipinski definition) is 0. The fraction of sp³-hybridized carbons (Fsp3) is 0.889. The highest BCUT2D eigenvalue weighted by Gasteiger charge is 1.99. The Bertz CT molecular complexity index is 196. The van der Waals surface area contributed by atoms with E-state index in [0.717, 1.165) is 19.4 Å². The molecule has 0 spiro atoms. The summed E-state index contributed by atoms with van der Waals surface area (Å²) in [5.41, 5.74) is 0. The molecule has 0 bridgehead atoms. The molecule has 0 saturated carbocycles. The molecular formula is C18H36O. The van der Waals surface area contributed by atoms with Gasteiger partial charge in [-0.2, -0.15) is 0 Å². The maximum Gasteiger partial charge on any atom is 0.0919 e. The molecule has 0 aliphatic rings. The third-order valence-electron chi connectivity index (χ3n) is 3.45. The summed E-state index contributed by atoms with van der Waals surface area (Å²) in [5.74, 6) is 1.26. The molecule has 19 heavy (non-hydrogen) atoms. The van der Waals surface area contributed by atoms with Gasteiger partial charge in [0.2, 0.25) is 0 Å². The van der Waals surface area contributed by atoms with Gasteiger partial charge in [-0.05, 0) is 31.8 Å². The van der Waals surface area contributed by atoms with Crippen LogP contribution in [0.3, 0.4) is 0 Å². The minimum atomic E-state index is 0.884. The Morgan fingerprint density at radius 1 is 0.737 bits per heavy atom. The van der Waals surface area contributed by atoms with Gasteiger partial charge < -0.3 is 4.74 Å². The van der Waals surface area contributed by atoms with Crippen LogP contribution in [0.1, 0.15) is 97.8 Å². The molecule has 0 saturated heterocycles. The summed E-state index contributed by atoms with van der Waals surface area (Å²) >= 11 is 0. The molecule has 0 aliphatic heterocycles. The number of hydrogen-bond acceptors (Lipinski definition) is 1. The Balaban J connectivity index is 3.72. The summed E-state index contributed by atoms with van der Waals surface area (Å²) in [4.78, 5) is 0. The van der Waals surface area contributed by atoms with Gasteiger partial charge in [-0.15, -0.1) is 0 Å². The van der Waals surface area contributed by atoms with Crippen molar-refractivity contribution >= 4 is 0 Å². The van der Waals surface area contributed by atoms with E-state index in [-0.39, 0.29) is 0 Å². The summed E-state index contributed by atoms with van der Waals surface area (Å²) in [6.07, 6.45) is 18.0. The Labute approximate surface area is 121 Å². The van der Waals surface area contributed by atoms with Crippen LogP contribution in [0.4, 0.5) is 0 Å². The third kappa shape index (κ3) is 13.8. The molecule has 0 aliphatic carbocycles. The fourth-order valence-electron chi connectivity index (χ4n) is 2.20. The molecule has 0 N–H and O–H groups in total. The minimum Gasteiger partial charge on any atom is -0.498 e. The first kappa shape index (κ1) is 18.5. The van der Waals surface area contributed by atoms with E-state index in [1.165, 1.54) is 70.0 Å². The van der Waals surface area contributed by atoms with Crippen molar-refractivity contribution in [1.29, 1.82) is 0 Å². The van der Waals surface area contributed by atoms with E-state index in [2.05, 4.69) is 26.8 Å². The van der Waals surface area contributed by atoms with E-state index in [1.54, 1.807) is 0 Å². The van der Waals surface area contributed by atoms with Gasteiger partial charge in [0, 0.05) is 6.42 Å². The second-order valence-corrected chi connectivity index (χ2v) is 5.53. The molecular weight excluding hydrogens is 232 g/mol. The van der Waals surface area contributed by atoms with Crippen molar-refractivity contribution in [1.82, 2.24) is 0 Å². The predicted octanol–water partition coefficient (Wildman–Crippen LogP) is 6.63.